The highest BCUT2D eigenvalue weighted by molar-refractivity contribution is 7.87. The molecule has 0 fully saturated rings. The highest BCUT2D eigenvalue weighted by atomic mass is 32.2. The Morgan fingerprint density at radius 2 is 1.80 bits per heavy atom. The number of rotatable bonds is 7. The van der Waals surface area contributed by atoms with Gasteiger partial charge in [-0.3, -0.25) is 0 Å². The molecule has 0 saturated carbocycles. The van der Waals surface area contributed by atoms with Crippen LogP contribution >= 0.6 is 0 Å². The van der Waals surface area contributed by atoms with Crippen molar-refractivity contribution in [3.63, 3.8) is 0 Å². The smallest absolute Gasteiger partial charge is 0.279 e. The van der Waals surface area contributed by atoms with Gasteiger partial charge in [0.25, 0.3) is 10.2 Å². The lowest BCUT2D eigenvalue weighted by Crippen LogP contribution is -2.47. The SMILES string of the molecule is CC(C)NS(=O)(=O)N(CCCO)C(C)C. The molecule has 0 spiro atoms. The van der Waals surface area contributed by atoms with Crippen LogP contribution in [0.15, 0.2) is 0 Å². The number of nitrogens with one attached hydrogen (secondary N) is 1. The fraction of sp³-hybridized carbons (Fsp3) is 1.00. The van der Waals surface area contributed by atoms with Gasteiger partial charge >= 0.3 is 0 Å². The monoisotopic (exact) mass is 238 g/mol. The third-order valence-electron chi connectivity index (χ3n) is 1.81. The van der Waals surface area contributed by atoms with Crippen molar-refractivity contribution in [1.82, 2.24) is 9.03 Å². The van der Waals surface area contributed by atoms with Crippen molar-refractivity contribution in [3.8, 4) is 0 Å². The predicted molar refractivity (Wildman–Crippen MR) is 60.7 cm³/mol. The van der Waals surface area contributed by atoms with Crippen molar-refractivity contribution >= 4 is 10.2 Å². The molecule has 0 aliphatic carbocycles. The zero-order valence-corrected chi connectivity index (χ0v) is 10.7. The second kappa shape index (κ2) is 6.42. The molecule has 92 valence electrons. The number of nitrogens with zero attached hydrogens (tertiary/aromatic N) is 1. The van der Waals surface area contributed by atoms with E-state index in [2.05, 4.69) is 4.72 Å². The van der Waals surface area contributed by atoms with Gasteiger partial charge in [-0.2, -0.15) is 17.4 Å². The van der Waals surface area contributed by atoms with Crippen molar-refractivity contribution in [1.29, 1.82) is 0 Å². The first-order valence-corrected chi connectivity index (χ1v) is 6.65. The molecule has 0 aromatic rings. The van der Waals surface area contributed by atoms with E-state index in [9.17, 15) is 8.42 Å². The second-order valence-electron chi connectivity index (χ2n) is 4.06. The molecule has 0 aromatic heterocycles. The fourth-order valence-electron chi connectivity index (χ4n) is 1.25. The van der Waals surface area contributed by atoms with E-state index in [-0.39, 0.29) is 18.7 Å². The van der Waals surface area contributed by atoms with Gasteiger partial charge in [-0.25, -0.2) is 0 Å². The van der Waals surface area contributed by atoms with E-state index >= 15 is 0 Å². The van der Waals surface area contributed by atoms with Gasteiger partial charge < -0.3 is 5.11 Å². The Morgan fingerprint density at radius 1 is 1.27 bits per heavy atom. The molecule has 6 heteroatoms. The topological polar surface area (TPSA) is 69.6 Å². The normalized spacial score (nSPS) is 13.1. The van der Waals surface area contributed by atoms with Crippen molar-refractivity contribution in [2.24, 2.45) is 0 Å². The Balaban J connectivity index is 4.60. The van der Waals surface area contributed by atoms with Crippen molar-refractivity contribution in [2.45, 2.75) is 46.2 Å². The Morgan fingerprint density at radius 3 is 2.13 bits per heavy atom. The molecule has 0 bridgehead atoms. The minimum Gasteiger partial charge on any atom is -0.396 e. The number of hydrogen-bond donors (Lipinski definition) is 2. The molecule has 0 heterocycles. The minimum absolute atomic E-state index is 0.000415. The molecule has 0 atom stereocenters. The summed E-state index contributed by atoms with van der Waals surface area (Å²) >= 11 is 0. The number of aliphatic hydroxyl groups is 1. The Hall–Kier alpha value is -0.170. The van der Waals surface area contributed by atoms with Crippen LogP contribution in [0.5, 0.6) is 0 Å². The predicted octanol–water partition coefficient (Wildman–Crippen LogP) is 0.322. The Labute approximate surface area is 92.7 Å². The summed E-state index contributed by atoms with van der Waals surface area (Å²) in [6, 6.07) is -0.224. The van der Waals surface area contributed by atoms with Gasteiger partial charge in [0.2, 0.25) is 0 Å². The zero-order valence-electron chi connectivity index (χ0n) is 9.90. The maximum Gasteiger partial charge on any atom is 0.279 e. The minimum atomic E-state index is -3.42. The van der Waals surface area contributed by atoms with Crippen molar-refractivity contribution in [3.05, 3.63) is 0 Å². The molecule has 0 aliphatic heterocycles. The van der Waals surface area contributed by atoms with E-state index in [1.165, 1.54) is 4.31 Å². The van der Waals surface area contributed by atoms with Gasteiger partial charge in [0.15, 0.2) is 0 Å². The lowest BCUT2D eigenvalue weighted by Gasteiger charge is -2.26. The summed E-state index contributed by atoms with van der Waals surface area (Å²) in [5.41, 5.74) is 0. The lowest BCUT2D eigenvalue weighted by atomic mass is 10.3. The van der Waals surface area contributed by atoms with Crippen LogP contribution in [-0.4, -0.2) is 43.1 Å². The van der Waals surface area contributed by atoms with E-state index in [0.29, 0.717) is 13.0 Å². The number of aliphatic hydroxyl groups excluding tert-OH is 1. The van der Waals surface area contributed by atoms with Crippen LogP contribution in [0.25, 0.3) is 0 Å². The molecule has 15 heavy (non-hydrogen) atoms. The summed E-state index contributed by atoms with van der Waals surface area (Å²) in [6.07, 6.45) is 0.456. The lowest BCUT2D eigenvalue weighted by molar-refractivity contribution is 0.257. The second-order valence-corrected chi connectivity index (χ2v) is 5.71. The van der Waals surface area contributed by atoms with Gasteiger partial charge in [-0.1, -0.05) is 0 Å². The summed E-state index contributed by atoms with van der Waals surface area (Å²) in [7, 11) is -3.42. The van der Waals surface area contributed by atoms with Crippen LogP contribution in [0, 0.1) is 0 Å². The van der Waals surface area contributed by atoms with E-state index in [0.717, 1.165) is 0 Å². The summed E-state index contributed by atoms with van der Waals surface area (Å²) < 4.78 is 27.5. The third kappa shape index (κ3) is 5.46. The highest BCUT2D eigenvalue weighted by Gasteiger charge is 2.24. The summed E-state index contributed by atoms with van der Waals surface area (Å²) in [5, 5.41) is 8.70. The molecule has 0 amide bonds. The fourth-order valence-corrected chi connectivity index (χ4v) is 2.90. The first-order valence-electron chi connectivity index (χ1n) is 5.21. The van der Waals surface area contributed by atoms with E-state index < -0.39 is 10.2 Å². The Bertz CT molecular complexity index is 263. The first-order chi connectivity index (χ1) is 6.81. The molecular weight excluding hydrogens is 216 g/mol. The van der Waals surface area contributed by atoms with Crippen LogP contribution in [0.2, 0.25) is 0 Å². The van der Waals surface area contributed by atoms with Crippen molar-refractivity contribution in [2.75, 3.05) is 13.2 Å². The molecule has 5 nitrogen and oxygen atoms in total. The third-order valence-corrected chi connectivity index (χ3v) is 3.80. The Kier molecular flexibility index (Phi) is 6.35. The standard InChI is InChI=1S/C9H22N2O3S/c1-8(2)10-15(13,14)11(9(3)4)6-5-7-12/h8-10,12H,5-7H2,1-4H3. The molecule has 0 radical (unpaired) electrons. The largest absolute Gasteiger partial charge is 0.396 e. The summed E-state index contributed by atoms with van der Waals surface area (Å²) in [5.74, 6) is 0. The summed E-state index contributed by atoms with van der Waals surface area (Å²) in [6.45, 7) is 7.54. The van der Waals surface area contributed by atoms with E-state index in [4.69, 9.17) is 5.11 Å². The zero-order chi connectivity index (χ0) is 12.1. The molecular formula is C9H22N2O3S. The van der Waals surface area contributed by atoms with Gasteiger partial charge in [0.05, 0.1) is 0 Å². The summed E-state index contributed by atoms with van der Waals surface area (Å²) in [4.78, 5) is 0. The van der Waals surface area contributed by atoms with Gasteiger partial charge in [-0.15, -0.1) is 0 Å². The maximum absolute atomic E-state index is 11.8. The first kappa shape index (κ1) is 14.8. The maximum atomic E-state index is 11.8. The van der Waals surface area contributed by atoms with Gasteiger partial charge in [0, 0.05) is 25.2 Å². The van der Waals surface area contributed by atoms with Gasteiger partial charge in [0.1, 0.15) is 0 Å². The molecule has 0 aromatic carbocycles. The highest BCUT2D eigenvalue weighted by Crippen LogP contribution is 2.06. The van der Waals surface area contributed by atoms with Gasteiger partial charge in [-0.05, 0) is 34.1 Å². The van der Waals surface area contributed by atoms with Crippen LogP contribution in [0.4, 0.5) is 0 Å². The van der Waals surface area contributed by atoms with Crippen LogP contribution < -0.4 is 4.72 Å². The van der Waals surface area contributed by atoms with Crippen LogP contribution in [0.1, 0.15) is 34.1 Å². The van der Waals surface area contributed by atoms with Crippen LogP contribution in [0.3, 0.4) is 0 Å². The molecule has 0 rings (SSSR count). The average Bonchev–Trinajstić information content (AvgIpc) is 2.00. The molecule has 2 N–H and O–H groups in total. The van der Waals surface area contributed by atoms with Crippen molar-refractivity contribution < 1.29 is 13.5 Å². The molecule has 0 unspecified atom stereocenters. The van der Waals surface area contributed by atoms with E-state index in [1.807, 2.05) is 13.8 Å². The molecule has 0 saturated heterocycles. The number of hydrogen-bond acceptors (Lipinski definition) is 3. The quantitative estimate of drug-likeness (QED) is 0.671. The van der Waals surface area contributed by atoms with E-state index in [1.54, 1.807) is 13.8 Å². The molecule has 0 aliphatic rings. The van der Waals surface area contributed by atoms with Crippen LogP contribution in [-0.2, 0) is 10.2 Å². The average molecular weight is 238 g/mol.